The fourth-order valence-corrected chi connectivity index (χ4v) is 3.33. The Hall–Kier alpha value is -1.65. The average Bonchev–Trinajstić information content (AvgIpc) is 3.18. The quantitative estimate of drug-likeness (QED) is 0.363. The van der Waals surface area contributed by atoms with Crippen LogP contribution in [0.25, 0.3) is 11.3 Å². The molecule has 2 heterocycles. The molecule has 0 amide bonds. The molecule has 0 radical (unpaired) electrons. The molecule has 1 aromatic heterocycles. The average molecular weight is 499 g/mol. The Morgan fingerprint density at radius 3 is 2.68 bits per heavy atom. The summed E-state index contributed by atoms with van der Waals surface area (Å²) < 4.78 is 11.3. The van der Waals surface area contributed by atoms with Crippen molar-refractivity contribution < 1.29 is 9.47 Å². The summed E-state index contributed by atoms with van der Waals surface area (Å²) in [5, 5.41) is 3.44. The third-order valence-corrected chi connectivity index (χ3v) is 5.08. The van der Waals surface area contributed by atoms with Gasteiger partial charge in [0.15, 0.2) is 5.96 Å². The summed E-state index contributed by atoms with van der Waals surface area (Å²) >= 11 is 0. The van der Waals surface area contributed by atoms with Crippen LogP contribution in [0, 0.1) is 0 Å². The topological polar surface area (TPSA) is 74.8 Å². The third kappa shape index (κ3) is 5.68. The molecule has 7 nitrogen and oxygen atoms in total. The summed E-state index contributed by atoms with van der Waals surface area (Å²) in [7, 11) is 5.57. The van der Waals surface area contributed by atoms with E-state index in [0.29, 0.717) is 13.1 Å². The predicted octanol–water partition coefficient (Wildman–Crippen LogP) is 2.90. The number of nitrogens with one attached hydrogen (secondary N) is 2. The van der Waals surface area contributed by atoms with Gasteiger partial charge in [-0.1, -0.05) is 30.3 Å². The first-order chi connectivity index (χ1) is 13.2. The van der Waals surface area contributed by atoms with Gasteiger partial charge < -0.3 is 24.7 Å². The molecular weight excluding hydrogens is 469 g/mol. The molecule has 1 saturated heterocycles. The lowest BCUT2D eigenvalue weighted by Gasteiger charge is -2.37. The Bertz CT molecular complexity index is 744. The van der Waals surface area contributed by atoms with Crippen LogP contribution < -0.4 is 5.32 Å². The van der Waals surface area contributed by atoms with E-state index in [1.807, 2.05) is 31.4 Å². The lowest BCUT2D eigenvalue weighted by atomic mass is 9.94. The highest BCUT2D eigenvalue weighted by Crippen LogP contribution is 2.23. The number of benzene rings is 1. The Morgan fingerprint density at radius 2 is 2.04 bits per heavy atom. The van der Waals surface area contributed by atoms with Crippen LogP contribution in [0.5, 0.6) is 0 Å². The number of halogens is 1. The maximum atomic E-state index is 5.79. The zero-order chi connectivity index (χ0) is 19.1. The van der Waals surface area contributed by atoms with Gasteiger partial charge in [0.25, 0.3) is 0 Å². The fraction of sp³-hybridized carbons (Fsp3) is 0.500. The standard InChI is InChI=1S/C20H29N5O2.HI/c1-21-19(23-15-20(26-3)9-11-27-12-10-20)25(2)14-18-22-13-17(24-18)16-7-5-4-6-8-16;/h4-8,13H,9-12,14-15H2,1-3H3,(H,21,23)(H,22,24);1H. The number of nitrogens with zero attached hydrogens (tertiary/aromatic N) is 3. The van der Waals surface area contributed by atoms with E-state index in [9.17, 15) is 0 Å². The van der Waals surface area contributed by atoms with Crippen LogP contribution in [-0.2, 0) is 16.0 Å². The summed E-state index contributed by atoms with van der Waals surface area (Å²) in [5.74, 6) is 1.71. The Balaban J connectivity index is 0.00000280. The van der Waals surface area contributed by atoms with E-state index in [1.165, 1.54) is 0 Å². The molecule has 8 heteroatoms. The summed E-state index contributed by atoms with van der Waals surface area (Å²) in [4.78, 5) is 14.3. The molecule has 1 fully saturated rings. The van der Waals surface area contributed by atoms with Gasteiger partial charge in [-0.15, -0.1) is 24.0 Å². The lowest BCUT2D eigenvalue weighted by molar-refractivity contribution is -0.0857. The second-order valence-electron chi connectivity index (χ2n) is 6.87. The number of aromatic nitrogens is 2. The molecular formula is C20H30IN5O2. The monoisotopic (exact) mass is 499 g/mol. The number of H-pyrrole nitrogens is 1. The Morgan fingerprint density at radius 1 is 1.32 bits per heavy atom. The molecule has 2 N–H and O–H groups in total. The van der Waals surface area contributed by atoms with Crippen molar-refractivity contribution in [2.45, 2.75) is 25.0 Å². The molecule has 0 spiro atoms. The molecule has 1 aliphatic rings. The molecule has 0 saturated carbocycles. The normalized spacial score (nSPS) is 16.3. The van der Waals surface area contributed by atoms with Crippen LogP contribution in [-0.4, -0.2) is 67.4 Å². The van der Waals surface area contributed by atoms with E-state index in [0.717, 1.165) is 49.1 Å². The van der Waals surface area contributed by atoms with Crippen LogP contribution in [0.15, 0.2) is 41.5 Å². The van der Waals surface area contributed by atoms with Crippen LogP contribution in [0.3, 0.4) is 0 Å². The first-order valence-electron chi connectivity index (χ1n) is 9.30. The van der Waals surface area contributed by atoms with Gasteiger partial charge in [0.1, 0.15) is 5.82 Å². The number of aromatic amines is 1. The zero-order valence-electron chi connectivity index (χ0n) is 16.8. The molecule has 0 bridgehead atoms. The summed E-state index contributed by atoms with van der Waals surface area (Å²) in [6.07, 6.45) is 3.64. The summed E-state index contributed by atoms with van der Waals surface area (Å²) in [6, 6.07) is 10.2. The fourth-order valence-electron chi connectivity index (χ4n) is 3.33. The van der Waals surface area contributed by atoms with E-state index >= 15 is 0 Å². The van der Waals surface area contributed by atoms with E-state index in [-0.39, 0.29) is 29.6 Å². The van der Waals surface area contributed by atoms with Gasteiger partial charge in [-0.25, -0.2) is 4.98 Å². The highest BCUT2D eigenvalue weighted by molar-refractivity contribution is 14.0. The predicted molar refractivity (Wildman–Crippen MR) is 122 cm³/mol. The highest BCUT2D eigenvalue weighted by Gasteiger charge is 2.32. The molecule has 3 rings (SSSR count). The Labute approximate surface area is 184 Å². The second kappa shape index (κ2) is 10.8. The van der Waals surface area contributed by atoms with Crippen molar-refractivity contribution in [3.05, 3.63) is 42.4 Å². The van der Waals surface area contributed by atoms with Crippen molar-refractivity contribution >= 4 is 29.9 Å². The van der Waals surface area contributed by atoms with Crippen LogP contribution in [0.1, 0.15) is 18.7 Å². The highest BCUT2D eigenvalue weighted by atomic mass is 127. The van der Waals surface area contributed by atoms with Gasteiger partial charge in [-0.3, -0.25) is 4.99 Å². The molecule has 0 atom stereocenters. The minimum Gasteiger partial charge on any atom is -0.381 e. The second-order valence-corrected chi connectivity index (χ2v) is 6.87. The molecule has 28 heavy (non-hydrogen) atoms. The van der Waals surface area contributed by atoms with Gasteiger partial charge in [0, 0.05) is 53.8 Å². The van der Waals surface area contributed by atoms with Crippen molar-refractivity contribution in [3.63, 3.8) is 0 Å². The maximum Gasteiger partial charge on any atom is 0.193 e. The van der Waals surface area contributed by atoms with Crippen molar-refractivity contribution in [2.75, 3.05) is 41.0 Å². The number of rotatable bonds is 6. The van der Waals surface area contributed by atoms with Gasteiger partial charge in [-0.05, 0) is 5.56 Å². The van der Waals surface area contributed by atoms with E-state index in [1.54, 1.807) is 14.2 Å². The third-order valence-electron chi connectivity index (χ3n) is 5.08. The summed E-state index contributed by atoms with van der Waals surface area (Å²) in [6.45, 7) is 2.81. The molecule has 0 unspecified atom stereocenters. The zero-order valence-corrected chi connectivity index (χ0v) is 19.1. The molecule has 1 aromatic carbocycles. The maximum absolute atomic E-state index is 5.79. The van der Waals surface area contributed by atoms with Crippen molar-refractivity contribution in [3.8, 4) is 11.3 Å². The van der Waals surface area contributed by atoms with Gasteiger partial charge in [-0.2, -0.15) is 0 Å². The largest absolute Gasteiger partial charge is 0.381 e. The number of aliphatic imine (C=N–C) groups is 1. The number of ether oxygens (including phenoxy) is 2. The van der Waals surface area contributed by atoms with Crippen molar-refractivity contribution in [1.82, 2.24) is 20.2 Å². The van der Waals surface area contributed by atoms with Gasteiger partial charge in [0.05, 0.1) is 24.0 Å². The smallest absolute Gasteiger partial charge is 0.193 e. The van der Waals surface area contributed by atoms with E-state index < -0.39 is 0 Å². The minimum absolute atomic E-state index is 0. The molecule has 2 aromatic rings. The van der Waals surface area contributed by atoms with Crippen LogP contribution >= 0.6 is 24.0 Å². The number of hydrogen-bond donors (Lipinski definition) is 2. The van der Waals surface area contributed by atoms with Crippen molar-refractivity contribution in [2.24, 2.45) is 4.99 Å². The summed E-state index contributed by atoms with van der Waals surface area (Å²) in [5.41, 5.74) is 1.95. The first kappa shape index (κ1) is 22.6. The van der Waals surface area contributed by atoms with Crippen molar-refractivity contribution in [1.29, 1.82) is 0 Å². The number of imidazole rings is 1. The van der Waals surface area contributed by atoms with E-state index in [2.05, 4.69) is 37.3 Å². The first-order valence-corrected chi connectivity index (χ1v) is 9.30. The lowest BCUT2D eigenvalue weighted by Crippen LogP contribution is -2.51. The van der Waals surface area contributed by atoms with E-state index in [4.69, 9.17) is 9.47 Å². The minimum atomic E-state index is -0.194. The Kier molecular flexibility index (Phi) is 8.71. The van der Waals surface area contributed by atoms with Crippen LogP contribution in [0.4, 0.5) is 0 Å². The molecule has 0 aliphatic carbocycles. The number of guanidine groups is 1. The molecule has 154 valence electrons. The number of hydrogen-bond acceptors (Lipinski definition) is 4. The van der Waals surface area contributed by atoms with Gasteiger partial charge in [0.2, 0.25) is 0 Å². The SMILES string of the molecule is CN=C(NCC1(OC)CCOCC1)N(C)Cc1ncc(-c2ccccc2)[nH]1.I. The number of methoxy groups -OCH3 is 1. The van der Waals surface area contributed by atoms with Gasteiger partial charge >= 0.3 is 0 Å². The van der Waals surface area contributed by atoms with Crippen LogP contribution in [0.2, 0.25) is 0 Å². The molecule has 1 aliphatic heterocycles.